The lowest BCUT2D eigenvalue weighted by Gasteiger charge is -2.21. The van der Waals surface area contributed by atoms with Gasteiger partial charge in [0.15, 0.2) is 0 Å². The highest BCUT2D eigenvalue weighted by atomic mass is 16.4. The normalized spacial score (nSPS) is 11.9. The van der Waals surface area contributed by atoms with E-state index in [1.54, 1.807) is 12.1 Å². The summed E-state index contributed by atoms with van der Waals surface area (Å²) in [6, 6.07) is 2.17. The third kappa shape index (κ3) is 3.82. The zero-order valence-corrected chi connectivity index (χ0v) is 9.84. The highest BCUT2D eigenvalue weighted by Crippen LogP contribution is 2.05. The van der Waals surface area contributed by atoms with E-state index in [4.69, 9.17) is 9.52 Å². The molecule has 0 fully saturated rings. The van der Waals surface area contributed by atoms with Crippen molar-refractivity contribution in [3.63, 3.8) is 0 Å². The van der Waals surface area contributed by atoms with Crippen molar-refractivity contribution in [2.75, 3.05) is 6.54 Å². The van der Waals surface area contributed by atoms with Gasteiger partial charge in [-0.2, -0.15) is 0 Å². The smallest absolute Gasteiger partial charge is 0.325 e. The molecule has 0 radical (unpaired) electrons. The minimum atomic E-state index is -1.06. The predicted molar refractivity (Wildman–Crippen MR) is 60.4 cm³/mol. The van der Waals surface area contributed by atoms with Crippen LogP contribution in [0.25, 0.3) is 0 Å². The number of carbonyl (C=O) groups is 2. The van der Waals surface area contributed by atoms with E-state index in [2.05, 4.69) is 5.32 Å². The summed E-state index contributed by atoms with van der Waals surface area (Å²) in [7, 11) is 0. The Morgan fingerprint density at radius 3 is 2.76 bits per heavy atom. The molecule has 17 heavy (non-hydrogen) atoms. The van der Waals surface area contributed by atoms with Gasteiger partial charge in [-0.05, 0) is 26.0 Å². The zero-order chi connectivity index (χ0) is 12.8. The molecule has 0 bridgehead atoms. The van der Waals surface area contributed by atoms with E-state index < -0.39 is 18.0 Å². The maximum absolute atomic E-state index is 11.7. The summed E-state index contributed by atoms with van der Waals surface area (Å²) in [5, 5.41) is 11.1. The number of hydrogen-bond donors (Lipinski definition) is 2. The number of hydrogen-bond acceptors (Lipinski definition) is 3. The van der Waals surface area contributed by atoms with Crippen LogP contribution in [0.5, 0.6) is 0 Å². The van der Waals surface area contributed by atoms with Gasteiger partial charge in [-0.25, -0.2) is 4.79 Å². The van der Waals surface area contributed by atoms with E-state index in [-0.39, 0.29) is 0 Å². The van der Waals surface area contributed by atoms with Crippen molar-refractivity contribution in [3.8, 4) is 0 Å². The monoisotopic (exact) mass is 240 g/mol. The summed E-state index contributed by atoms with van der Waals surface area (Å²) < 4.78 is 5.13. The van der Waals surface area contributed by atoms with Crippen LogP contribution in [-0.4, -0.2) is 34.6 Å². The summed E-state index contributed by atoms with van der Waals surface area (Å²) in [4.78, 5) is 23.8. The fourth-order valence-electron chi connectivity index (χ4n) is 1.26. The van der Waals surface area contributed by atoms with Crippen LogP contribution in [0.1, 0.15) is 19.6 Å². The molecular weight excluding hydrogens is 224 g/mol. The Morgan fingerprint density at radius 2 is 2.29 bits per heavy atom. The second-order valence-corrected chi connectivity index (χ2v) is 3.60. The van der Waals surface area contributed by atoms with Gasteiger partial charge < -0.3 is 19.7 Å². The first-order valence-corrected chi connectivity index (χ1v) is 5.35. The summed E-state index contributed by atoms with van der Waals surface area (Å²) >= 11 is 0. The van der Waals surface area contributed by atoms with Crippen LogP contribution < -0.4 is 5.32 Å². The highest BCUT2D eigenvalue weighted by molar-refractivity contribution is 5.82. The van der Waals surface area contributed by atoms with Crippen LogP contribution in [0.2, 0.25) is 0 Å². The SMILES string of the molecule is CCN(Cc1ccco1)C(=O)N[C@@H](C)C(=O)O. The molecule has 2 N–H and O–H groups in total. The van der Waals surface area contributed by atoms with Gasteiger partial charge in [0.05, 0.1) is 12.8 Å². The molecule has 0 aliphatic carbocycles. The molecule has 94 valence electrons. The van der Waals surface area contributed by atoms with Gasteiger partial charge in [-0.3, -0.25) is 4.79 Å². The third-order valence-corrected chi connectivity index (χ3v) is 2.31. The van der Waals surface area contributed by atoms with Crippen molar-refractivity contribution in [1.82, 2.24) is 10.2 Å². The van der Waals surface area contributed by atoms with Crippen molar-refractivity contribution in [2.24, 2.45) is 0 Å². The number of furan rings is 1. The molecule has 1 heterocycles. The minimum absolute atomic E-state index is 0.321. The molecule has 6 nitrogen and oxygen atoms in total. The molecule has 1 aromatic heterocycles. The summed E-state index contributed by atoms with van der Waals surface area (Å²) in [6.45, 7) is 4.02. The fourth-order valence-corrected chi connectivity index (χ4v) is 1.26. The van der Waals surface area contributed by atoms with Crippen LogP contribution in [0.3, 0.4) is 0 Å². The van der Waals surface area contributed by atoms with Crippen LogP contribution in [0.15, 0.2) is 22.8 Å². The number of amides is 2. The van der Waals surface area contributed by atoms with Crippen LogP contribution in [0, 0.1) is 0 Å². The maximum atomic E-state index is 11.7. The fraction of sp³-hybridized carbons (Fsp3) is 0.455. The van der Waals surface area contributed by atoms with E-state index in [1.807, 2.05) is 6.92 Å². The Kier molecular flexibility index (Phi) is 4.56. The maximum Gasteiger partial charge on any atom is 0.325 e. The lowest BCUT2D eigenvalue weighted by Crippen LogP contribution is -2.46. The topological polar surface area (TPSA) is 82.8 Å². The van der Waals surface area contributed by atoms with Gasteiger partial charge in [-0.15, -0.1) is 0 Å². The van der Waals surface area contributed by atoms with Crippen molar-refractivity contribution >= 4 is 12.0 Å². The van der Waals surface area contributed by atoms with Gasteiger partial charge in [0.1, 0.15) is 11.8 Å². The zero-order valence-electron chi connectivity index (χ0n) is 9.84. The molecule has 6 heteroatoms. The Balaban J connectivity index is 2.55. The van der Waals surface area contributed by atoms with Gasteiger partial charge in [0.2, 0.25) is 0 Å². The first kappa shape index (κ1) is 13.1. The Hall–Kier alpha value is -1.98. The molecule has 0 spiro atoms. The van der Waals surface area contributed by atoms with E-state index in [0.717, 1.165) is 0 Å². The van der Waals surface area contributed by atoms with E-state index in [9.17, 15) is 9.59 Å². The van der Waals surface area contributed by atoms with Crippen molar-refractivity contribution < 1.29 is 19.1 Å². The molecule has 2 amide bonds. The predicted octanol–water partition coefficient (Wildman–Crippen LogP) is 1.28. The van der Waals surface area contributed by atoms with Gasteiger partial charge in [0, 0.05) is 6.54 Å². The van der Waals surface area contributed by atoms with E-state index in [1.165, 1.54) is 18.1 Å². The molecule has 0 unspecified atom stereocenters. The first-order chi connectivity index (χ1) is 8.04. The number of nitrogens with zero attached hydrogens (tertiary/aromatic N) is 1. The third-order valence-electron chi connectivity index (χ3n) is 2.31. The Labute approximate surface area is 99.2 Å². The first-order valence-electron chi connectivity index (χ1n) is 5.35. The Bertz CT molecular complexity index is 375. The molecular formula is C11H16N2O4. The quantitative estimate of drug-likeness (QED) is 0.812. The number of urea groups is 1. The molecule has 0 aromatic carbocycles. The van der Waals surface area contributed by atoms with E-state index >= 15 is 0 Å². The van der Waals surface area contributed by atoms with Crippen LogP contribution in [0.4, 0.5) is 4.79 Å². The molecule has 1 aromatic rings. The number of rotatable bonds is 5. The average Bonchev–Trinajstić information content (AvgIpc) is 2.78. The molecule has 0 aliphatic rings. The molecule has 0 saturated heterocycles. The highest BCUT2D eigenvalue weighted by Gasteiger charge is 2.18. The lowest BCUT2D eigenvalue weighted by atomic mass is 10.3. The minimum Gasteiger partial charge on any atom is -0.480 e. The largest absolute Gasteiger partial charge is 0.480 e. The second-order valence-electron chi connectivity index (χ2n) is 3.60. The summed E-state index contributed by atoms with van der Waals surface area (Å²) in [5.41, 5.74) is 0. The van der Waals surface area contributed by atoms with Crippen LogP contribution >= 0.6 is 0 Å². The molecule has 1 atom stereocenters. The van der Waals surface area contributed by atoms with Gasteiger partial charge in [-0.1, -0.05) is 0 Å². The van der Waals surface area contributed by atoms with Crippen molar-refractivity contribution in [3.05, 3.63) is 24.2 Å². The van der Waals surface area contributed by atoms with Crippen molar-refractivity contribution in [1.29, 1.82) is 0 Å². The summed E-state index contributed by atoms with van der Waals surface area (Å²) in [6.07, 6.45) is 1.53. The average molecular weight is 240 g/mol. The number of carboxylic acids is 1. The molecule has 1 rings (SSSR count). The number of aliphatic carboxylic acids is 1. The number of carboxylic acid groups (broad SMARTS) is 1. The molecule has 0 saturated carbocycles. The van der Waals surface area contributed by atoms with Gasteiger partial charge in [0.25, 0.3) is 0 Å². The summed E-state index contributed by atoms with van der Waals surface area (Å²) in [5.74, 6) is -0.405. The van der Waals surface area contributed by atoms with E-state index in [0.29, 0.717) is 18.8 Å². The Morgan fingerprint density at radius 1 is 1.59 bits per heavy atom. The number of nitrogens with one attached hydrogen (secondary N) is 1. The second kappa shape index (κ2) is 5.93. The number of carbonyl (C=O) groups excluding carboxylic acids is 1. The van der Waals surface area contributed by atoms with Crippen LogP contribution in [-0.2, 0) is 11.3 Å². The standard InChI is InChI=1S/C11H16N2O4/c1-3-13(7-9-5-4-6-17-9)11(16)12-8(2)10(14)15/h4-6,8H,3,7H2,1-2H3,(H,12,16)(H,14,15)/t8-/m0/s1. The van der Waals surface area contributed by atoms with Gasteiger partial charge >= 0.3 is 12.0 Å². The lowest BCUT2D eigenvalue weighted by molar-refractivity contribution is -0.138. The molecule has 0 aliphatic heterocycles. The van der Waals surface area contributed by atoms with Crippen molar-refractivity contribution in [2.45, 2.75) is 26.4 Å².